The number of para-hydroxylation sites is 1. The SMILES string of the molecule is CO[C@@H]1C[C@@H](c2ncn[nH]2)N(c2nc3c(F)cccc3n2C)C1. The number of rotatable bonds is 3. The van der Waals surface area contributed by atoms with Crippen LogP contribution >= 0.6 is 0 Å². The molecular formula is C15H17FN6O. The molecule has 0 spiro atoms. The molecule has 1 aliphatic rings. The largest absolute Gasteiger partial charge is 0.380 e. The lowest BCUT2D eigenvalue weighted by Crippen LogP contribution is -2.27. The molecule has 0 saturated carbocycles. The van der Waals surface area contributed by atoms with Crippen LogP contribution in [0.4, 0.5) is 10.3 Å². The number of ether oxygens (including phenoxy) is 1. The number of hydrogen-bond donors (Lipinski definition) is 1. The van der Waals surface area contributed by atoms with E-state index in [9.17, 15) is 4.39 Å². The first-order valence-corrected chi connectivity index (χ1v) is 7.44. The monoisotopic (exact) mass is 316 g/mol. The van der Waals surface area contributed by atoms with E-state index in [1.807, 2.05) is 17.7 Å². The highest BCUT2D eigenvalue weighted by molar-refractivity contribution is 5.79. The molecule has 3 heterocycles. The zero-order chi connectivity index (χ0) is 16.0. The topological polar surface area (TPSA) is 71.9 Å². The van der Waals surface area contributed by atoms with Crippen molar-refractivity contribution in [3.8, 4) is 0 Å². The lowest BCUT2D eigenvalue weighted by Gasteiger charge is -2.23. The van der Waals surface area contributed by atoms with Crippen LogP contribution in [0.5, 0.6) is 0 Å². The van der Waals surface area contributed by atoms with Crippen molar-refractivity contribution in [3.05, 3.63) is 36.2 Å². The van der Waals surface area contributed by atoms with Crippen LogP contribution in [-0.4, -0.2) is 44.5 Å². The fourth-order valence-electron chi connectivity index (χ4n) is 3.25. The second-order valence-corrected chi connectivity index (χ2v) is 5.71. The Bertz CT molecular complexity index is 830. The smallest absolute Gasteiger partial charge is 0.207 e. The van der Waals surface area contributed by atoms with Gasteiger partial charge >= 0.3 is 0 Å². The fraction of sp³-hybridized carbons (Fsp3) is 0.400. The molecule has 0 bridgehead atoms. The van der Waals surface area contributed by atoms with Crippen LogP contribution in [0.15, 0.2) is 24.5 Å². The number of benzene rings is 1. The summed E-state index contributed by atoms with van der Waals surface area (Å²) in [5.74, 6) is 1.14. The molecule has 0 aliphatic carbocycles. The van der Waals surface area contributed by atoms with E-state index >= 15 is 0 Å². The summed E-state index contributed by atoms with van der Waals surface area (Å²) in [7, 11) is 3.59. The third-order valence-corrected chi connectivity index (χ3v) is 4.44. The van der Waals surface area contributed by atoms with E-state index in [2.05, 4.69) is 25.1 Å². The Kier molecular flexibility index (Phi) is 3.26. The summed E-state index contributed by atoms with van der Waals surface area (Å²) in [5, 5.41) is 6.85. The number of H-pyrrole nitrogens is 1. The quantitative estimate of drug-likeness (QED) is 0.798. The number of anilines is 1. The number of fused-ring (bicyclic) bond motifs is 1. The minimum absolute atomic E-state index is 0.0268. The van der Waals surface area contributed by atoms with E-state index in [1.165, 1.54) is 12.4 Å². The Morgan fingerprint density at radius 1 is 1.39 bits per heavy atom. The number of aromatic amines is 1. The van der Waals surface area contributed by atoms with Crippen molar-refractivity contribution in [1.82, 2.24) is 24.7 Å². The molecule has 4 rings (SSSR count). The molecule has 1 saturated heterocycles. The van der Waals surface area contributed by atoms with Crippen LogP contribution in [0.25, 0.3) is 11.0 Å². The third kappa shape index (κ3) is 2.17. The van der Waals surface area contributed by atoms with E-state index in [1.54, 1.807) is 13.2 Å². The van der Waals surface area contributed by atoms with Gasteiger partial charge in [0.05, 0.1) is 17.7 Å². The number of aryl methyl sites for hydroxylation is 1. The van der Waals surface area contributed by atoms with Crippen LogP contribution in [0, 0.1) is 5.82 Å². The predicted octanol–water partition coefficient (Wildman–Crippen LogP) is 1.80. The van der Waals surface area contributed by atoms with Gasteiger partial charge in [-0.15, -0.1) is 0 Å². The van der Waals surface area contributed by atoms with E-state index in [0.717, 1.165) is 17.8 Å². The maximum absolute atomic E-state index is 14.0. The summed E-state index contributed by atoms with van der Waals surface area (Å²) < 4.78 is 21.4. The number of halogens is 1. The van der Waals surface area contributed by atoms with Crippen LogP contribution in [0.3, 0.4) is 0 Å². The Hall–Kier alpha value is -2.48. The number of methoxy groups -OCH3 is 1. The number of nitrogens with one attached hydrogen (secondary N) is 1. The van der Waals surface area contributed by atoms with Crippen molar-refractivity contribution in [2.24, 2.45) is 7.05 Å². The second kappa shape index (κ2) is 5.31. The molecule has 0 radical (unpaired) electrons. The normalized spacial score (nSPS) is 21.4. The van der Waals surface area contributed by atoms with E-state index in [4.69, 9.17) is 4.74 Å². The third-order valence-electron chi connectivity index (χ3n) is 4.44. The standard InChI is InChI=1S/C15H17FN6O/c1-21-11-5-3-4-10(16)13(11)19-15(21)22-7-9(23-2)6-12(22)14-17-8-18-20-14/h3-5,8-9,12H,6-7H2,1-2H3,(H,17,18,20)/t9-,12+/m1/s1. The number of hydrogen-bond acceptors (Lipinski definition) is 5. The molecule has 2 aromatic heterocycles. The molecule has 2 atom stereocenters. The average Bonchev–Trinajstić information content (AvgIpc) is 3.26. The highest BCUT2D eigenvalue weighted by Gasteiger charge is 2.37. The van der Waals surface area contributed by atoms with Crippen molar-refractivity contribution in [1.29, 1.82) is 0 Å². The highest BCUT2D eigenvalue weighted by Crippen LogP contribution is 2.36. The first-order valence-electron chi connectivity index (χ1n) is 7.44. The lowest BCUT2D eigenvalue weighted by atomic mass is 10.2. The summed E-state index contributed by atoms with van der Waals surface area (Å²) in [5.41, 5.74) is 1.14. The van der Waals surface area contributed by atoms with Crippen LogP contribution in [0.1, 0.15) is 18.3 Å². The van der Waals surface area contributed by atoms with Gasteiger partial charge in [-0.2, -0.15) is 5.10 Å². The van der Waals surface area contributed by atoms with E-state index in [0.29, 0.717) is 18.0 Å². The van der Waals surface area contributed by atoms with Crippen molar-refractivity contribution in [3.63, 3.8) is 0 Å². The molecule has 1 aromatic carbocycles. The van der Waals surface area contributed by atoms with Gasteiger partial charge in [-0.3, -0.25) is 5.10 Å². The van der Waals surface area contributed by atoms with Gasteiger partial charge in [0, 0.05) is 27.1 Å². The van der Waals surface area contributed by atoms with Gasteiger partial charge in [-0.25, -0.2) is 14.4 Å². The Labute approximate surface area is 132 Å². The first-order chi connectivity index (χ1) is 11.2. The van der Waals surface area contributed by atoms with Gasteiger partial charge in [-0.1, -0.05) is 6.07 Å². The van der Waals surface area contributed by atoms with Crippen LogP contribution < -0.4 is 4.90 Å². The zero-order valence-electron chi connectivity index (χ0n) is 12.9. The van der Waals surface area contributed by atoms with E-state index < -0.39 is 0 Å². The van der Waals surface area contributed by atoms with Crippen LogP contribution in [0.2, 0.25) is 0 Å². The van der Waals surface area contributed by atoms with Gasteiger partial charge < -0.3 is 14.2 Å². The van der Waals surface area contributed by atoms with Crippen molar-refractivity contribution < 1.29 is 9.13 Å². The summed E-state index contributed by atoms with van der Waals surface area (Å²) in [6.07, 6.45) is 2.33. The molecule has 1 aliphatic heterocycles. The fourth-order valence-corrected chi connectivity index (χ4v) is 3.25. The molecule has 23 heavy (non-hydrogen) atoms. The van der Waals surface area contributed by atoms with E-state index in [-0.39, 0.29) is 18.0 Å². The van der Waals surface area contributed by atoms with Gasteiger partial charge in [0.15, 0.2) is 5.82 Å². The maximum Gasteiger partial charge on any atom is 0.207 e. The molecule has 0 unspecified atom stereocenters. The molecule has 1 fully saturated rings. The molecule has 8 heteroatoms. The molecule has 3 aromatic rings. The van der Waals surface area contributed by atoms with Gasteiger partial charge in [0.25, 0.3) is 0 Å². The number of imidazole rings is 1. The van der Waals surface area contributed by atoms with Gasteiger partial charge in [-0.05, 0) is 12.1 Å². The predicted molar refractivity (Wildman–Crippen MR) is 82.6 cm³/mol. The molecule has 120 valence electrons. The van der Waals surface area contributed by atoms with Gasteiger partial charge in [0.2, 0.25) is 5.95 Å². The maximum atomic E-state index is 14.0. The second-order valence-electron chi connectivity index (χ2n) is 5.71. The van der Waals surface area contributed by atoms with Crippen molar-refractivity contribution in [2.45, 2.75) is 18.6 Å². The average molecular weight is 316 g/mol. The summed E-state index contributed by atoms with van der Waals surface area (Å²) >= 11 is 0. The van der Waals surface area contributed by atoms with Crippen molar-refractivity contribution in [2.75, 3.05) is 18.6 Å². The summed E-state index contributed by atoms with van der Waals surface area (Å²) in [6.45, 7) is 0.667. The molecule has 7 nitrogen and oxygen atoms in total. The van der Waals surface area contributed by atoms with Crippen molar-refractivity contribution >= 4 is 17.0 Å². The van der Waals surface area contributed by atoms with Crippen LogP contribution in [-0.2, 0) is 11.8 Å². The lowest BCUT2D eigenvalue weighted by molar-refractivity contribution is 0.118. The Morgan fingerprint density at radius 2 is 2.26 bits per heavy atom. The number of aromatic nitrogens is 5. The molecular weight excluding hydrogens is 299 g/mol. The molecule has 1 N–H and O–H groups in total. The summed E-state index contributed by atoms with van der Waals surface area (Å²) in [6, 6.07) is 4.96. The Morgan fingerprint density at radius 3 is 2.96 bits per heavy atom. The minimum atomic E-state index is -0.317. The zero-order valence-corrected chi connectivity index (χ0v) is 12.9. The molecule has 0 amide bonds. The first kappa shape index (κ1) is 14.1. The highest BCUT2D eigenvalue weighted by atomic mass is 19.1. The Balaban J connectivity index is 1.81. The minimum Gasteiger partial charge on any atom is -0.380 e. The summed E-state index contributed by atoms with van der Waals surface area (Å²) in [4.78, 5) is 10.9. The number of nitrogens with zero attached hydrogens (tertiary/aromatic N) is 5. The van der Waals surface area contributed by atoms with Gasteiger partial charge in [0.1, 0.15) is 17.7 Å².